The van der Waals surface area contributed by atoms with E-state index < -0.39 is 5.97 Å². The lowest BCUT2D eigenvalue weighted by Crippen LogP contribution is -2.24. The maximum atomic E-state index is 10.5. The third kappa shape index (κ3) is 2.53. The maximum absolute atomic E-state index is 10.5. The second kappa shape index (κ2) is 4.41. The molecule has 0 aliphatic carbocycles. The van der Waals surface area contributed by atoms with Crippen molar-refractivity contribution < 1.29 is 14.3 Å². The molecule has 17 heavy (non-hydrogen) atoms. The number of benzene rings is 1. The van der Waals surface area contributed by atoms with Crippen molar-refractivity contribution in [2.75, 3.05) is 0 Å². The van der Waals surface area contributed by atoms with Crippen molar-refractivity contribution in [1.82, 2.24) is 4.98 Å². The van der Waals surface area contributed by atoms with Crippen molar-refractivity contribution in [3.8, 4) is 11.5 Å². The van der Waals surface area contributed by atoms with Crippen molar-refractivity contribution in [3.63, 3.8) is 0 Å². The summed E-state index contributed by atoms with van der Waals surface area (Å²) < 4.78 is 5.42. The predicted octanol–water partition coefficient (Wildman–Crippen LogP) is 1.25. The lowest BCUT2D eigenvalue weighted by atomic mass is 10.1. The quantitative estimate of drug-likeness (QED) is 0.795. The van der Waals surface area contributed by atoms with Gasteiger partial charge in [0.2, 0.25) is 5.89 Å². The summed E-state index contributed by atoms with van der Waals surface area (Å²) in [7, 11) is 0. The Hall–Kier alpha value is -2.10. The van der Waals surface area contributed by atoms with Gasteiger partial charge in [-0.1, -0.05) is 17.7 Å². The van der Waals surface area contributed by atoms with Crippen LogP contribution in [-0.2, 0) is 11.2 Å². The first-order valence-corrected chi connectivity index (χ1v) is 5.29. The molecule has 88 valence electrons. The van der Waals surface area contributed by atoms with Gasteiger partial charge in [0.05, 0.1) is 5.69 Å². The summed E-state index contributed by atoms with van der Waals surface area (Å²) in [5.41, 5.74) is 2.57. The predicted molar refractivity (Wildman–Crippen MR) is 60.1 cm³/mol. The third-order valence-corrected chi connectivity index (χ3v) is 2.50. The molecule has 4 heteroatoms. The zero-order chi connectivity index (χ0) is 12.4. The van der Waals surface area contributed by atoms with Gasteiger partial charge in [0.25, 0.3) is 0 Å². The van der Waals surface area contributed by atoms with E-state index in [1.165, 1.54) is 0 Å². The lowest BCUT2D eigenvalue weighted by molar-refractivity contribution is -0.305. The Labute approximate surface area is 98.9 Å². The summed E-state index contributed by atoms with van der Waals surface area (Å²) in [6, 6.07) is 7.69. The van der Waals surface area contributed by atoms with E-state index >= 15 is 0 Å². The highest BCUT2D eigenvalue weighted by atomic mass is 16.4. The van der Waals surface area contributed by atoms with Gasteiger partial charge in [0.1, 0.15) is 5.76 Å². The first kappa shape index (κ1) is 11.4. The first-order chi connectivity index (χ1) is 8.06. The highest BCUT2D eigenvalue weighted by Gasteiger charge is 2.11. The van der Waals surface area contributed by atoms with Crippen molar-refractivity contribution in [2.24, 2.45) is 0 Å². The summed E-state index contributed by atoms with van der Waals surface area (Å²) in [6.45, 7) is 3.71. The number of carboxylic acid groups (broad SMARTS) is 1. The summed E-state index contributed by atoms with van der Waals surface area (Å²) >= 11 is 0. The average Bonchev–Trinajstić information content (AvgIpc) is 2.60. The molecule has 0 bridgehead atoms. The molecule has 1 heterocycles. The molecule has 2 rings (SSSR count). The normalized spacial score (nSPS) is 10.5. The molecule has 0 radical (unpaired) electrons. The number of carbonyl (C=O) groups is 1. The van der Waals surface area contributed by atoms with E-state index in [1.54, 1.807) is 6.92 Å². The monoisotopic (exact) mass is 230 g/mol. The van der Waals surface area contributed by atoms with E-state index in [4.69, 9.17) is 4.42 Å². The lowest BCUT2D eigenvalue weighted by Gasteiger charge is -1.98. The second-order valence-corrected chi connectivity index (χ2v) is 3.94. The van der Waals surface area contributed by atoms with Crippen molar-refractivity contribution in [2.45, 2.75) is 20.3 Å². The Bertz CT molecular complexity index is 540. The zero-order valence-electron chi connectivity index (χ0n) is 9.69. The number of oxazole rings is 1. The van der Waals surface area contributed by atoms with Crippen LogP contribution in [0.4, 0.5) is 0 Å². The summed E-state index contributed by atoms with van der Waals surface area (Å²) in [5.74, 6) is -0.376. The molecule has 4 nitrogen and oxygen atoms in total. The van der Waals surface area contributed by atoms with Crippen molar-refractivity contribution >= 4 is 5.97 Å². The van der Waals surface area contributed by atoms with Crippen LogP contribution < -0.4 is 5.11 Å². The molecule has 0 aliphatic heterocycles. The van der Waals surface area contributed by atoms with E-state index in [2.05, 4.69) is 4.98 Å². The maximum Gasteiger partial charge on any atom is 0.226 e. The molecular weight excluding hydrogens is 218 g/mol. The smallest absolute Gasteiger partial charge is 0.226 e. The van der Waals surface area contributed by atoms with Gasteiger partial charge >= 0.3 is 0 Å². The topological polar surface area (TPSA) is 66.2 Å². The number of aromatic nitrogens is 1. The minimum Gasteiger partial charge on any atom is -0.550 e. The van der Waals surface area contributed by atoms with Gasteiger partial charge in [0, 0.05) is 18.0 Å². The Kier molecular flexibility index (Phi) is 2.95. The molecule has 0 saturated carbocycles. The fourth-order valence-electron chi connectivity index (χ4n) is 1.54. The van der Waals surface area contributed by atoms with E-state index in [1.807, 2.05) is 31.2 Å². The number of nitrogens with zero attached hydrogens (tertiary/aromatic N) is 1. The number of hydrogen-bond donors (Lipinski definition) is 0. The number of aryl methyl sites for hydroxylation is 2. The Balaban J connectivity index is 2.34. The number of carbonyl (C=O) groups excluding carboxylic acids is 1. The van der Waals surface area contributed by atoms with Gasteiger partial charge in [-0.05, 0) is 26.0 Å². The van der Waals surface area contributed by atoms with E-state index in [0.29, 0.717) is 17.3 Å². The molecule has 0 amide bonds. The van der Waals surface area contributed by atoms with Crippen LogP contribution in [0.2, 0.25) is 0 Å². The summed E-state index contributed by atoms with van der Waals surface area (Å²) in [4.78, 5) is 14.7. The van der Waals surface area contributed by atoms with Gasteiger partial charge in [0.15, 0.2) is 0 Å². The van der Waals surface area contributed by atoms with Gasteiger partial charge in [-0.25, -0.2) is 4.98 Å². The first-order valence-electron chi connectivity index (χ1n) is 5.29. The molecule has 0 aliphatic rings. The van der Waals surface area contributed by atoms with E-state index in [0.717, 1.165) is 11.1 Å². The summed E-state index contributed by atoms with van der Waals surface area (Å²) in [6.07, 6.45) is -0.245. The highest BCUT2D eigenvalue weighted by molar-refractivity contribution is 5.67. The molecule has 1 aromatic carbocycles. The fraction of sp³-hybridized carbons (Fsp3) is 0.231. The molecule has 0 atom stereocenters. The van der Waals surface area contributed by atoms with E-state index in [-0.39, 0.29) is 6.42 Å². The zero-order valence-corrected chi connectivity index (χ0v) is 9.69. The van der Waals surface area contributed by atoms with Crippen LogP contribution in [0.5, 0.6) is 0 Å². The van der Waals surface area contributed by atoms with Crippen LogP contribution in [0.1, 0.15) is 17.0 Å². The molecule has 0 N–H and O–H groups in total. The third-order valence-electron chi connectivity index (χ3n) is 2.50. The molecule has 0 saturated heterocycles. The SMILES string of the molecule is Cc1ccc(-c2nc(C)c(CC(=O)[O-])o2)cc1. The van der Waals surface area contributed by atoms with Gasteiger partial charge in [-0.15, -0.1) is 0 Å². The Morgan fingerprint density at radius 3 is 2.53 bits per heavy atom. The van der Waals surface area contributed by atoms with Crippen LogP contribution in [0.3, 0.4) is 0 Å². The molecule has 0 fully saturated rings. The van der Waals surface area contributed by atoms with E-state index in [9.17, 15) is 9.90 Å². The standard InChI is InChI=1S/C13H13NO3/c1-8-3-5-10(6-4-8)13-14-9(2)11(17-13)7-12(15)16/h3-6H,7H2,1-2H3,(H,15,16)/p-1. The number of aliphatic carboxylic acids is 1. The molecule has 0 spiro atoms. The Morgan fingerprint density at radius 1 is 1.29 bits per heavy atom. The fourth-order valence-corrected chi connectivity index (χ4v) is 1.54. The van der Waals surface area contributed by atoms with Crippen LogP contribution >= 0.6 is 0 Å². The van der Waals surface area contributed by atoms with Gasteiger partial charge < -0.3 is 14.3 Å². The van der Waals surface area contributed by atoms with Crippen LogP contribution in [0.25, 0.3) is 11.5 Å². The number of hydrogen-bond acceptors (Lipinski definition) is 4. The van der Waals surface area contributed by atoms with Crippen LogP contribution in [-0.4, -0.2) is 11.0 Å². The Morgan fingerprint density at radius 2 is 1.94 bits per heavy atom. The average molecular weight is 230 g/mol. The van der Waals surface area contributed by atoms with Crippen molar-refractivity contribution in [3.05, 3.63) is 41.3 Å². The van der Waals surface area contributed by atoms with Crippen LogP contribution in [0, 0.1) is 13.8 Å². The molecule has 0 unspecified atom stereocenters. The van der Waals surface area contributed by atoms with Crippen molar-refractivity contribution in [1.29, 1.82) is 0 Å². The largest absolute Gasteiger partial charge is 0.550 e. The number of rotatable bonds is 3. The highest BCUT2D eigenvalue weighted by Crippen LogP contribution is 2.22. The van der Waals surface area contributed by atoms with Crippen LogP contribution in [0.15, 0.2) is 28.7 Å². The minimum absolute atomic E-state index is 0.245. The minimum atomic E-state index is -1.17. The number of carboxylic acids is 1. The molecular formula is C13H12NO3-. The van der Waals surface area contributed by atoms with Gasteiger partial charge in [-0.3, -0.25) is 0 Å². The molecule has 1 aromatic heterocycles. The van der Waals surface area contributed by atoms with Gasteiger partial charge in [-0.2, -0.15) is 0 Å². The summed E-state index contributed by atoms with van der Waals surface area (Å²) in [5, 5.41) is 10.5. The second-order valence-electron chi connectivity index (χ2n) is 3.94. The molecule has 2 aromatic rings.